The second-order valence-electron chi connectivity index (χ2n) is 2.04. The van der Waals surface area contributed by atoms with Crippen molar-refractivity contribution in [2.45, 2.75) is 0 Å². The molecule has 0 bridgehead atoms. The van der Waals surface area contributed by atoms with Gasteiger partial charge in [-0.25, -0.2) is 4.39 Å². The number of hydrogen-bond donors (Lipinski definition) is 1. The molecule has 0 heterocycles. The third-order valence-electron chi connectivity index (χ3n) is 1.31. The smallest absolute Gasteiger partial charge is 0.123 e. The van der Waals surface area contributed by atoms with Crippen LogP contribution in [0.1, 0.15) is 5.56 Å². The lowest BCUT2D eigenvalue weighted by Crippen LogP contribution is -1.91. The van der Waals surface area contributed by atoms with Gasteiger partial charge < -0.3 is 0 Å². The zero-order valence-electron chi connectivity index (χ0n) is 6.50. The van der Waals surface area contributed by atoms with Crippen LogP contribution in [0.5, 0.6) is 0 Å². The minimum Gasteiger partial charge on any atom is -0.293 e. The van der Waals surface area contributed by atoms with E-state index in [1.807, 2.05) is 6.26 Å². The first-order chi connectivity index (χ1) is 5.24. The van der Waals surface area contributed by atoms with E-state index in [0.29, 0.717) is 5.04 Å². The summed E-state index contributed by atoms with van der Waals surface area (Å²) in [5, 5.41) is 7.85. The molecule has 0 aromatic heterocycles. The van der Waals surface area contributed by atoms with Gasteiger partial charge >= 0.3 is 0 Å². The molecule has 0 fully saturated rings. The normalized spacial score (nSPS) is 8.83. The van der Waals surface area contributed by atoms with Crippen molar-refractivity contribution < 1.29 is 4.39 Å². The van der Waals surface area contributed by atoms with Gasteiger partial charge in [-0.15, -0.1) is 35.7 Å². The SMILES string of the molecule is CSC(=N)c1ccc(F)cc1.I. The largest absolute Gasteiger partial charge is 0.293 e. The van der Waals surface area contributed by atoms with Gasteiger partial charge in [0.15, 0.2) is 0 Å². The van der Waals surface area contributed by atoms with Crippen molar-refractivity contribution in [2.24, 2.45) is 0 Å². The highest BCUT2D eigenvalue weighted by atomic mass is 127. The molecular formula is C8H9FINS. The highest BCUT2D eigenvalue weighted by molar-refractivity contribution is 14.0. The number of thioether (sulfide) groups is 1. The van der Waals surface area contributed by atoms with E-state index in [9.17, 15) is 4.39 Å². The maximum absolute atomic E-state index is 12.4. The lowest BCUT2D eigenvalue weighted by atomic mass is 10.2. The van der Waals surface area contributed by atoms with E-state index in [2.05, 4.69) is 0 Å². The Morgan fingerprint density at radius 1 is 1.33 bits per heavy atom. The summed E-state index contributed by atoms with van der Waals surface area (Å²) in [5.41, 5.74) is 0.763. The van der Waals surface area contributed by atoms with Crippen molar-refractivity contribution in [3.05, 3.63) is 35.6 Å². The topological polar surface area (TPSA) is 23.9 Å². The minimum atomic E-state index is -0.261. The van der Waals surface area contributed by atoms with Gasteiger partial charge in [0, 0.05) is 5.56 Å². The first-order valence-corrected chi connectivity index (χ1v) is 4.35. The molecule has 0 aliphatic carbocycles. The summed E-state index contributed by atoms with van der Waals surface area (Å²) in [6.07, 6.45) is 1.83. The Kier molecular flexibility index (Phi) is 5.48. The van der Waals surface area contributed by atoms with Crippen LogP contribution in [0.2, 0.25) is 0 Å². The number of hydrogen-bond acceptors (Lipinski definition) is 2. The monoisotopic (exact) mass is 297 g/mol. The van der Waals surface area contributed by atoms with E-state index < -0.39 is 0 Å². The van der Waals surface area contributed by atoms with Crippen LogP contribution in [0.25, 0.3) is 0 Å². The van der Waals surface area contributed by atoms with E-state index in [1.165, 1.54) is 23.9 Å². The molecule has 0 saturated carbocycles. The third kappa shape index (κ3) is 3.10. The molecule has 0 radical (unpaired) electrons. The Morgan fingerprint density at radius 3 is 2.25 bits per heavy atom. The number of benzene rings is 1. The lowest BCUT2D eigenvalue weighted by molar-refractivity contribution is 0.628. The van der Waals surface area contributed by atoms with E-state index in [0.717, 1.165) is 5.56 Å². The maximum Gasteiger partial charge on any atom is 0.123 e. The van der Waals surface area contributed by atoms with Crippen LogP contribution < -0.4 is 0 Å². The number of nitrogens with one attached hydrogen (secondary N) is 1. The average Bonchev–Trinajstić information content (AvgIpc) is 2.05. The van der Waals surface area contributed by atoms with Crippen LogP contribution in [-0.4, -0.2) is 11.3 Å². The summed E-state index contributed by atoms with van der Waals surface area (Å²) in [5.74, 6) is -0.261. The fraction of sp³-hybridized carbons (Fsp3) is 0.125. The van der Waals surface area contributed by atoms with Gasteiger partial charge in [-0.05, 0) is 30.5 Å². The van der Waals surface area contributed by atoms with Gasteiger partial charge in [-0.1, -0.05) is 0 Å². The predicted molar refractivity (Wildman–Crippen MR) is 62.2 cm³/mol. The van der Waals surface area contributed by atoms with Crippen molar-refractivity contribution >= 4 is 40.8 Å². The Labute approximate surface area is 92.3 Å². The van der Waals surface area contributed by atoms with Crippen LogP contribution in [-0.2, 0) is 0 Å². The molecule has 1 aromatic carbocycles. The maximum atomic E-state index is 12.4. The van der Waals surface area contributed by atoms with Crippen molar-refractivity contribution in [2.75, 3.05) is 6.26 Å². The van der Waals surface area contributed by atoms with Crippen molar-refractivity contribution in [1.82, 2.24) is 0 Å². The van der Waals surface area contributed by atoms with Gasteiger partial charge in [-0.3, -0.25) is 5.41 Å². The second-order valence-corrected chi connectivity index (χ2v) is 2.86. The summed E-state index contributed by atoms with van der Waals surface area (Å²) < 4.78 is 12.4. The van der Waals surface area contributed by atoms with Crippen LogP contribution in [0.4, 0.5) is 4.39 Å². The highest BCUT2D eigenvalue weighted by Crippen LogP contribution is 2.09. The predicted octanol–water partition coefficient (Wildman–Crippen LogP) is 3.13. The fourth-order valence-corrected chi connectivity index (χ4v) is 1.09. The highest BCUT2D eigenvalue weighted by Gasteiger charge is 1.97. The Bertz CT molecular complexity index is 260. The molecule has 0 saturated heterocycles. The third-order valence-corrected chi connectivity index (χ3v) is 1.95. The van der Waals surface area contributed by atoms with Crippen LogP contribution in [0, 0.1) is 11.2 Å². The molecule has 4 heteroatoms. The number of rotatable bonds is 1. The van der Waals surface area contributed by atoms with Crippen LogP contribution >= 0.6 is 35.7 Å². The molecule has 0 unspecified atom stereocenters. The molecule has 1 N–H and O–H groups in total. The molecule has 1 nitrogen and oxygen atoms in total. The van der Waals surface area contributed by atoms with Crippen LogP contribution in [0.3, 0.4) is 0 Å². The van der Waals surface area contributed by atoms with Crippen molar-refractivity contribution in [3.8, 4) is 0 Å². The first kappa shape index (κ1) is 11.9. The molecule has 0 atom stereocenters. The second kappa shape index (κ2) is 5.53. The number of halogens is 2. The molecule has 1 rings (SSSR count). The summed E-state index contributed by atoms with van der Waals surface area (Å²) in [6, 6.07) is 5.93. The lowest BCUT2D eigenvalue weighted by Gasteiger charge is -1.98. The van der Waals surface area contributed by atoms with E-state index in [-0.39, 0.29) is 29.8 Å². The minimum absolute atomic E-state index is 0. The molecule has 0 aliphatic rings. The van der Waals surface area contributed by atoms with Gasteiger partial charge in [0.2, 0.25) is 0 Å². The van der Waals surface area contributed by atoms with Gasteiger partial charge in [0.05, 0.1) is 5.04 Å². The fourth-order valence-electron chi connectivity index (χ4n) is 0.719. The van der Waals surface area contributed by atoms with Crippen molar-refractivity contribution in [3.63, 3.8) is 0 Å². The molecule has 0 amide bonds. The zero-order chi connectivity index (χ0) is 8.27. The zero-order valence-corrected chi connectivity index (χ0v) is 9.65. The summed E-state index contributed by atoms with van der Waals surface area (Å²) >= 11 is 1.34. The first-order valence-electron chi connectivity index (χ1n) is 3.12. The van der Waals surface area contributed by atoms with Gasteiger partial charge in [-0.2, -0.15) is 0 Å². The Morgan fingerprint density at radius 2 is 1.83 bits per heavy atom. The Balaban J connectivity index is 0.00000121. The summed E-state index contributed by atoms with van der Waals surface area (Å²) in [6.45, 7) is 0. The Hall–Kier alpha value is -0.100. The molecule has 1 aromatic rings. The summed E-state index contributed by atoms with van der Waals surface area (Å²) in [7, 11) is 0. The van der Waals surface area contributed by atoms with Crippen molar-refractivity contribution in [1.29, 1.82) is 5.41 Å². The van der Waals surface area contributed by atoms with Gasteiger partial charge in [0.1, 0.15) is 5.82 Å². The summed E-state index contributed by atoms with van der Waals surface area (Å²) in [4.78, 5) is 0. The molecular weight excluding hydrogens is 288 g/mol. The van der Waals surface area contributed by atoms with Crippen LogP contribution in [0.15, 0.2) is 24.3 Å². The molecule has 0 spiro atoms. The van der Waals surface area contributed by atoms with E-state index in [1.54, 1.807) is 12.1 Å². The molecule has 0 aliphatic heterocycles. The standard InChI is InChI=1S/C8H8FNS.HI/c1-11-8(10)6-2-4-7(9)5-3-6;/h2-5,10H,1H3;1H. The van der Waals surface area contributed by atoms with Gasteiger partial charge in [0.25, 0.3) is 0 Å². The van der Waals surface area contributed by atoms with E-state index >= 15 is 0 Å². The molecule has 66 valence electrons. The molecule has 12 heavy (non-hydrogen) atoms. The van der Waals surface area contributed by atoms with E-state index in [4.69, 9.17) is 5.41 Å². The quantitative estimate of drug-likeness (QED) is 0.480. The average molecular weight is 297 g/mol.